The van der Waals surface area contributed by atoms with Gasteiger partial charge in [0, 0.05) is 5.02 Å². The summed E-state index contributed by atoms with van der Waals surface area (Å²) in [6, 6.07) is 4.65. The number of fused-ring (bicyclic) bond motifs is 1. The summed E-state index contributed by atoms with van der Waals surface area (Å²) in [6.07, 6.45) is -4.62. The Morgan fingerprint density at radius 1 is 1.23 bits per heavy atom. The molecule has 11 heteroatoms. The number of hydrogen-bond acceptors (Lipinski definition) is 5. The van der Waals surface area contributed by atoms with Crippen molar-refractivity contribution in [3.8, 4) is 5.75 Å². The van der Waals surface area contributed by atoms with Crippen molar-refractivity contribution in [3.05, 3.63) is 39.1 Å². The number of ether oxygens (including phenoxy) is 1. The Morgan fingerprint density at radius 2 is 2.00 bits per heavy atom. The van der Waals surface area contributed by atoms with Crippen LogP contribution >= 0.6 is 34.5 Å². The Balaban J connectivity index is 1.81. The third-order valence-electron chi connectivity index (χ3n) is 2.53. The van der Waals surface area contributed by atoms with E-state index in [2.05, 4.69) is 15.3 Å². The number of aromatic nitrogens is 4. The van der Waals surface area contributed by atoms with Crippen LogP contribution in [0.25, 0.3) is 4.96 Å². The van der Waals surface area contributed by atoms with Gasteiger partial charge in [0.1, 0.15) is 12.4 Å². The molecular formula is C11H5Cl2F3N4OS. The highest BCUT2D eigenvalue weighted by molar-refractivity contribution is 7.16. The minimum Gasteiger partial charge on any atom is -0.485 e. The van der Waals surface area contributed by atoms with Crippen LogP contribution in [0.15, 0.2) is 18.2 Å². The molecule has 116 valence electrons. The van der Waals surface area contributed by atoms with E-state index < -0.39 is 12.0 Å². The summed E-state index contributed by atoms with van der Waals surface area (Å²) >= 11 is 12.6. The molecule has 5 nitrogen and oxygen atoms in total. The van der Waals surface area contributed by atoms with Crippen molar-refractivity contribution >= 4 is 39.5 Å². The van der Waals surface area contributed by atoms with Gasteiger partial charge < -0.3 is 4.74 Å². The van der Waals surface area contributed by atoms with Crippen LogP contribution in [0.2, 0.25) is 10.0 Å². The van der Waals surface area contributed by atoms with E-state index in [-0.39, 0.29) is 11.6 Å². The predicted molar refractivity (Wildman–Crippen MR) is 74.5 cm³/mol. The van der Waals surface area contributed by atoms with Gasteiger partial charge in [0.15, 0.2) is 5.01 Å². The van der Waals surface area contributed by atoms with E-state index in [0.717, 1.165) is 11.3 Å². The molecule has 0 radical (unpaired) electrons. The summed E-state index contributed by atoms with van der Waals surface area (Å²) in [7, 11) is 0. The van der Waals surface area contributed by atoms with Crippen LogP contribution in [0, 0.1) is 0 Å². The second kappa shape index (κ2) is 5.56. The van der Waals surface area contributed by atoms with Gasteiger partial charge in [-0.15, -0.1) is 10.2 Å². The zero-order valence-electron chi connectivity index (χ0n) is 10.4. The molecule has 2 heterocycles. The summed E-state index contributed by atoms with van der Waals surface area (Å²) in [5.74, 6) is -0.817. The second-order valence-corrected chi connectivity index (χ2v) is 5.96. The van der Waals surface area contributed by atoms with Crippen LogP contribution in [-0.2, 0) is 12.8 Å². The standard InChI is InChI=1S/C11H5Cl2F3N4OS/c12-5-1-2-7(6(13)3-5)21-4-8-19-20-9(11(14,15)16)17-18-10(20)22-8/h1-3H,4H2. The first kappa shape index (κ1) is 15.3. The van der Waals surface area contributed by atoms with Gasteiger partial charge in [0.2, 0.25) is 4.96 Å². The van der Waals surface area contributed by atoms with Gasteiger partial charge in [0.05, 0.1) is 5.02 Å². The maximum atomic E-state index is 12.7. The summed E-state index contributed by atoms with van der Waals surface area (Å²) in [6.45, 7) is -0.0489. The largest absolute Gasteiger partial charge is 0.485 e. The minimum atomic E-state index is -4.62. The quantitative estimate of drug-likeness (QED) is 0.698. The molecule has 0 amide bonds. The first-order valence-electron chi connectivity index (χ1n) is 5.71. The van der Waals surface area contributed by atoms with Crippen molar-refractivity contribution in [1.82, 2.24) is 19.8 Å². The fraction of sp³-hybridized carbons (Fsp3) is 0.182. The smallest absolute Gasteiger partial charge is 0.453 e. The van der Waals surface area contributed by atoms with Gasteiger partial charge in [-0.25, -0.2) is 0 Å². The molecule has 3 aromatic rings. The number of benzene rings is 1. The highest BCUT2D eigenvalue weighted by atomic mass is 35.5. The van der Waals surface area contributed by atoms with Crippen molar-refractivity contribution in [2.45, 2.75) is 12.8 Å². The van der Waals surface area contributed by atoms with E-state index in [4.69, 9.17) is 27.9 Å². The number of rotatable bonds is 3. The van der Waals surface area contributed by atoms with Crippen LogP contribution in [0.4, 0.5) is 13.2 Å². The number of alkyl halides is 3. The molecule has 0 atom stereocenters. The van der Waals surface area contributed by atoms with Gasteiger partial charge in [-0.1, -0.05) is 34.5 Å². The Morgan fingerprint density at radius 3 is 2.68 bits per heavy atom. The second-order valence-electron chi connectivity index (χ2n) is 4.07. The van der Waals surface area contributed by atoms with Gasteiger partial charge >= 0.3 is 6.18 Å². The fourth-order valence-electron chi connectivity index (χ4n) is 1.62. The Bertz CT molecular complexity index is 832. The Kier molecular flexibility index (Phi) is 3.87. The topological polar surface area (TPSA) is 52.3 Å². The molecule has 0 saturated carbocycles. The van der Waals surface area contributed by atoms with Gasteiger partial charge in [0.25, 0.3) is 5.82 Å². The molecule has 0 aliphatic carbocycles. The van der Waals surface area contributed by atoms with E-state index in [1.165, 1.54) is 6.07 Å². The van der Waals surface area contributed by atoms with E-state index in [1.54, 1.807) is 12.1 Å². The van der Waals surface area contributed by atoms with E-state index in [1.807, 2.05) is 0 Å². The number of nitrogens with zero attached hydrogens (tertiary/aromatic N) is 4. The molecular weight excluding hydrogens is 364 g/mol. The maximum absolute atomic E-state index is 12.7. The predicted octanol–water partition coefficient (Wildman–Crippen LogP) is 4.09. The van der Waals surface area contributed by atoms with Crippen molar-refractivity contribution in [3.63, 3.8) is 0 Å². The summed E-state index contributed by atoms with van der Waals surface area (Å²) < 4.78 is 44.1. The van der Waals surface area contributed by atoms with Crippen molar-refractivity contribution in [2.75, 3.05) is 0 Å². The lowest BCUT2D eigenvalue weighted by Gasteiger charge is -2.06. The van der Waals surface area contributed by atoms with Crippen LogP contribution in [0.1, 0.15) is 10.8 Å². The van der Waals surface area contributed by atoms with Crippen molar-refractivity contribution in [2.24, 2.45) is 0 Å². The molecule has 0 spiro atoms. The normalized spacial score (nSPS) is 12.0. The lowest BCUT2D eigenvalue weighted by molar-refractivity contribution is -0.146. The van der Waals surface area contributed by atoms with E-state index in [9.17, 15) is 13.2 Å². The molecule has 0 aliphatic heterocycles. The van der Waals surface area contributed by atoms with E-state index >= 15 is 0 Å². The summed E-state index contributed by atoms with van der Waals surface area (Å²) in [5, 5.41) is 11.4. The van der Waals surface area contributed by atoms with Crippen molar-refractivity contribution < 1.29 is 17.9 Å². The molecule has 0 saturated heterocycles. The lowest BCUT2D eigenvalue weighted by Crippen LogP contribution is -2.11. The van der Waals surface area contributed by atoms with Crippen LogP contribution in [0.5, 0.6) is 5.75 Å². The third kappa shape index (κ3) is 2.96. The molecule has 1 aromatic carbocycles. The van der Waals surface area contributed by atoms with Gasteiger partial charge in [-0.2, -0.15) is 22.8 Å². The SMILES string of the molecule is FC(F)(F)c1nnc2sc(COc3ccc(Cl)cc3Cl)nn12. The monoisotopic (exact) mass is 368 g/mol. The fourth-order valence-corrected chi connectivity index (χ4v) is 2.83. The van der Waals surface area contributed by atoms with Gasteiger partial charge in [-0.3, -0.25) is 0 Å². The molecule has 3 rings (SSSR count). The lowest BCUT2D eigenvalue weighted by atomic mass is 10.3. The molecule has 0 fully saturated rings. The van der Waals surface area contributed by atoms with Crippen molar-refractivity contribution in [1.29, 1.82) is 0 Å². The molecule has 0 aliphatic rings. The summed E-state index contributed by atoms with van der Waals surface area (Å²) in [5.41, 5.74) is 0. The Hall–Kier alpha value is -1.58. The average Bonchev–Trinajstić information content (AvgIpc) is 2.95. The average molecular weight is 369 g/mol. The molecule has 2 aromatic heterocycles. The highest BCUT2D eigenvalue weighted by Crippen LogP contribution is 2.30. The zero-order chi connectivity index (χ0) is 15.9. The minimum absolute atomic E-state index is 0.0353. The van der Waals surface area contributed by atoms with Gasteiger partial charge in [-0.05, 0) is 18.2 Å². The van der Waals surface area contributed by atoms with Crippen LogP contribution in [-0.4, -0.2) is 19.8 Å². The first-order chi connectivity index (χ1) is 10.3. The molecule has 0 N–H and O–H groups in total. The first-order valence-corrected chi connectivity index (χ1v) is 7.28. The van der Waals surface area contributed by atoms with Crippen LogP contribution in [0.3, 0.4) is 0 Å². The Labute approximate surface area is 135 Å². The number of halogens is 5. The van der Waals surface area contributed by atoms with E-state index in [0.29, 0.717) is 25.3 Å². The number of hydrogen-bond donors (Lipinski definition) is 0. The molecule has 0 unspecified atom stereocenters. The molecule has 0 bridgehead atoms. The highest BCUT2D eigenvalue weighted by Gasteiger charge is 2.38. The molecule has 22 heavy (non-hydrogen) atoms. The zero-order valence-corrected chi connectivity index (χ0v) is 12.8. The third-order valence-corrected chi connectivity index (χ3v) is 3.93. The van der Waals surface area contributed by atoms with Crippen LogP contribution < -0.4 is 4.74 Å². The maximum Gasteiger partial charge on any atom is 0.453 e. The summed E-state index contributed by atoms with van der Waals surface area (Å²) in [4.78, 5) is 0.0353.